The van der Waals surface area contributed by atoms with Gasteiger partial charge < -0.3 is 16.0 Å². The van der Waals surface area contributed by atoms with Crippen LogP contribution in [0.5, 0.6) is 0 Å². The molecule has 0 bridgehead atoms. The van der Waals surface area contributed by atoms with E-state index in [0.717, 1.165) is 31.8 Å². The van der Waals surface area contributed by atoms with E-state index in [4.69, 9.17) is 0 Å². The molecule has 9 heteroatoms. The molecule has 0 aromatic rings. The molecule has 23 heavy (non-hydrogen) atoms. The number of hydrogen-bond donors (Lipinski definition) is 3. The lowest BCUT2D eigenvalue weighted by Crippen LogP contribution is -2.52. The molecule has 8 nitrogen and oxygen atoms in total. The zero-order valence-electron chi connectivity index (χ0n) is 13.8. The van der Waals surface area contributed by atoms with Gasteiger partial charge in [-0.05, 0) is 25.2 Å². The van der Waals surface area contributed by atoms with Gasteiger partial charge >= 0.3 is 0 Å². The topological polar surface area (TPSA) is 103 Å². The summed E-state index contributed by atoms with van der Waals surface area (Å²) >= 11 is 0. The number of hydrogen-bond acceptors (Lipinski definition) is 4. The first-order valence-corrected chi connectivity index (χ1v) is 9.92. The van der Waals surface area contributed by atoms with Crippen molar-refractivity contribution in [3.63, 3.8) is 0 Å². The SMILES string of the molecule is CN=C(NCC1CCN(S(C)(=O)=O)CC1)NC1CCC(=O)NC1. The average molecular weight is 345 g/mol. The molecule has 2 rings (SSSR count). The van der Waals surface area contributed by atoms with Crippen LogP contribution in [0.15, 0.2) is 4.99 Å². The number of piperidine rings is 2. The third-order valence-electron chi connectivity index (χ3n) is 4.43. The Balaban J connectivity index is 1.71. The Morgan fingerprint density at radius 2 is 2.04 bits per heavy atom. The summed E-state index contributed by atoms with van der Waals surface area (Å²) in [7, 11) is -1.34. The van der Waals surface area contributed by atoms with Gasteiger partial charge in [0.25, 0.3) is 0 Å². The smallest absolute Gasteiger partial charge is 0.220 e. The van der Waals surface area contributed by atoms with E-state index in [1.165, 1.54) is 6.26 Å². The van der Waals surface area contributed by atoms with Crippen LogP contribution in [0.2, 0.25) is 0 Å². The predicted octanol–water partition coefficient (Wildman–Crippen LogP) is -0.898. The highest BCUT2D eigenvalue weighted by atomic mass is 32.2. The van der Waals surface area contributed by atoms with E-state index in [9.17, 15) is 13.2 Å². The van der Waals surface area contributed by atoms with E-state index < -0.39 is 10.0 Å². The highest BCUT2D eigenvalue weighted by molar-refractivity contribution is 7.88. The first-order chi connectivity index (χ1) is 10.9. The summed E-state index contributed by atoms with van der Waals surface area (Å²) in [4.78, 5) is 15.4. The molecule has 0 saturated carbocycles. The first-order valence-electron chi connectivity index (χ1n) is 8.07. The van der Waals surface area contributed by atoms with Crippen molar-refractivity contribution in [1.29, 1.82) is 0 Å². The van der Waals surface area contributed by atoms with E-state index in [1.807, 2.05) is 0 Å². The van der Waals surface area contributed by atoms with E-state index in [1.54, 1.807) is 11.4 Å². The molecule has 2 aliphatic heterocycles. The fraction of sp³-hybridized carbons (Fsp3) is 0.857. The van der Waals surface area contributed by atoms with Gasteiger partial charge in [0.05, 0.1) is 6.26 Å². The molecule has 0 spiro atoms. The van der Waals surface area contributed by atoms with Crippen LogP contribution in [0, 0.1) is 5.92 Å². The number of sulfonamides is 1. The summed E-state index contributed by atoms with van der Waals surface area (Å²) in [6.07, 6.45) is 4.32. The molecule has 1 unspecified atom stereocenters. The lowest BCUT2D eigenvalue weighted by molar-refractivity contribution is -0.122. The van der Waals surface area contributed by atoms with E-state index in [2.05, 4.69) is 20.9 Å². The molecule has 132 valence electrons. The summed E-state index contributed by atoms with van der Waals surface area (Å²) in [6.45, 7) is 2.57. The number of carbonyl (C=O) groups excluding carboxylic acids is 1. The maximum absolute atomic E-state index is 11.5. The molecule has 0 aromatic heterocycles. The number of rotatable bonds is 4. The van der Waals surface area contributed by atoms with Crippen LogP contribution >= 0.6 is 0 Å². The summed E-state index contributed by atoms with van der Waals surface area (Å²) < 4.78 is 24.5. The quantitative estimate of drug-likeness (QED) is 0.453. The summed E-state index contributed by atoms with van der Waals surface area (Å²) in [5.74, 6) is 1.28. The number of nitrogens with zero attached hydrogens (tertiary/aromatic N) is 2. The molecule has 2 fully saturated rings. The standard InChI is InChI=1S/C14H27N5O3S/c1-15-14(18-12-3-4-13(20)16-10-12)17-9-11-5-7-19(8-6-11)23(2,21)22/h11-12H,3-10H2,1-2H3,(H,16,20)(H2,15,17,18). The van der Waals surface area contributed by atoms with Gasteiger partial charge in [-0.3, -0.25) is 9.79 Å². The molecule has 0 radical (unpaired) electrons. The normalized spacial score (nSPS) is 25.0. The van der Waals surface area contributed by atoms with Gasteiger partial charge in [-0.1, -0.05) is 0 Å². The Kier molecular flexibility index (Phi) is 6.23. The van der Waals surface area contributed by atoms with Gasteiger partial charge in [-0.15, -0.1) is 0 Å². The third kappa shape index (κ3) is 5.65. The predicted molar refractivity (Wildman–Crippen MR) is 89.7 cm³/mol. The monoisotopic (exact) mass is 345 g/mol. The Hall–Kier alpha value is -1.35. The Bertz CT molecular complexity index is 531. The molecule has 1 amide bonds. The second-order valence-electron chi connectivity index (χ2n) is 6.24. The first kappa shape index (κ1) is 18.0. The van der Waals surface area contributed by atoms with Gasteiger partial charge in [0, 0.05) is 45.7 Å². The number of carbonyl (C=O) groups is 1. The molecule has 2 aliphatic rings. The molecule has 0 aliphatic carbocycles. The number of amides is 1. The van der Waals surface area contributed by atoms with Gasteiger partial charge in [0.1, 0.15) is 0 Å². The molecule has 1 atom stereocenters. The van der Waals surface area contributed by atoms with Gasteiger partial charge in [0.2, 0.25) is 15.9 Å². The van der Waals surface area contributed by atoms with Crippen molar-refractivity contribution < 1.29 is 13.2 Å². The number of aliphatic imine (C=N–C) groups is 1. The molecule has 2 saturated heterocycles. The van der Waals surface area contributed by atoms with Crippen molar-refractivity contribution in [3.05, 3.63) is 0 Å². The van der Waals surface area contributed by atoms with E-state index in [0.29, 0.717) is 32.0 Å². The Morgan fingerprint density at radius 1 is 1.35 bits per heavy atom. The fourth-order valence-electron chi connectivity index (χ4n) is 2.93. The van der Waals surface area contributed by atoms with Crippen molar-refractivity contribution in [2.75, 3.05) is 39.5 Å². The summed E-state index contributed by atoms with van der Waals surface area (Å²) in [6, 6.07) is 0.200. The summed E-state index contributed by atoms with van der Waals surface area (Å²) in [5, 5.41) is 9.47. The van der Waals surface area contributed by atoms with Crippen LogP contribution < -0.4 is 16.0 Å². The summed E-state index contributed by atoms with van der Waals surface area (Å²) in [5.41, 5.74) is 0. The van der Waals surface area contributed by atoms with Crippen molar-refractivity contribution in [3.8, 4) is 0 Å². The zero-order chi connectivity index (χ0) is 16.9. The molecule has 0 aromatic carbocycles. The number of nitrogens with one attached hydrogen (secondary N) is 3. The van der Waals surface area contributed by atoms with Crippen LogP contribution in [0.3, 0.4) is 0 Å². The zero-order valence-corrected chi connectivity index (χ0v) is 14.7. The molecular weight excluding hydrogens is 318 g/mol. The van der Waals surface area contributed by atoms with E-state index in [-0.39, 0.29) is 11.9 Å². The highest BCUT2D eigenvalue weighted by Crippen LogP contribution is 2.18. The minimum Gasteiger partial charge on any atom is -0.356 e. The van der Waals surface area contributed by atoms with Crippen molar-refractivity contribution in [2.24, 2.45) is 10.9 Å². The van der Waals surface area contributed by atoms with Crippen molar-refractivity contribution in [2.45, 2.75) is 31.7 Å². The second-order valence-corrected chi connectivity index (χ2v) is 8.22. The lowest BCUT2D eigenvalue weighted by atomic mass is 9.98. The van der Waals surface area contributed by atoms with Gasteiger partial charge in [-0.2, -0.15) is 0 Å². The van der Waals surface area contributed by atoms with Crippen molar-refractivity contribution in [1.82, 2.24) is 20.3 Å². The third-order valence-corrected chi connectivity index (χ3v) is 5.73. The van der Waals surface area contributed by atoms with Crippen LogP contribution in [0.4, 0.5) is 0 Å². The minimum atomic E-state index is -3.07. The maximum atomic E-state index is 11.5. The second kappa shape index (κ2) is 7.96. The largest absolute Gasteiger partial charge is 0.356 e. The lowest BCUT2D eigenvalue weighted by Gasteiger charge is -2.31. The van der Waals surface area contributed by atoms with Crippen LogP contribution in [-0.4, -0.2) is 70.1 Å². The maximum Gasteiger partial charge on any atom is 0.220 e. The van der Waals surface area contributed by atoms with Gasteiger partial charge in [-0.25, -0.2) is 12.7 Å². The molecule has 2 heterocycles. The molecular formula is C14H27N5O3S. The molecule has 3 N–H and O–H groups in total. The van der Waals surface area contributed by atoms with E-state index >= 15 is 0 Å². The van der Waals surface area contributed by atoms with Gasteiger partial charge in [0.15, 0.2) is 5.96 Å². The highest BCUT2D eigenvalue weighted by Gasteiger charge is 2.25. The Labute approximate surface area is 138 Å². The van der Waals surface area contributed by atoms with Crippen LogP contribution in [-0.2, 0) is 14.8 Å². The fourth-order valence-corrected chi connectivity index (χ4v) is 3.80. The van der Waals surface area contributed by atoms with Crippen molar-refractivity contribution >= 4 is 21.9 Å². The number of guanidine groups is 1. The van der Waals surface area contributed by atoms with Crippen LogP contribution in [0.25, 0.3) is 0 Å². The minimum absolute atomic E-state index is 0.101. The average Bonchev–Trinajstić information content (AvgIpc) is 2.53. The Morgan fingerprint density at radius 3 is 2.57 bits per heavy atom. The van der Waals surface area contributed by atoms with Crippen LogP contribution in [0.1, 0.15) is 25.7 Å².